The van der Waals surface area contributed by atoms with Gasteiger partial charge in [0.2, 0.25) is 10.0 Å². The number of ether oxygens (including phenoxy) is 1. The third-order valence-electron chi connectivity index (χ3n) is 5.70. The molecular weight excluding hydrogens is 468 g/mol. The zero-order valence-corrected chi connectivity index (χ0v) is 22.3. The van der Waals surface area contributed by atoms with Crippen LogP contribution in [0, 0.1) is 0 Å². The fraction of sp³-hybridized carbons (Fsp3) is 0.542. The summed E-state index contributed by atoms with van der Waals surface area (Å²) >= 11 is 0. The molecule has 0 unspecified atom stereocenters. The monoisotopic (exact) mass is 504 g/mol. The van der Waals surface area contributed by atoms with E-state index in [1.807, 2.05) is 32.8 Å². The molecule has 35 heavy (non-hydrogen) atoms. The summed E-state index contributed by atoms with van der Waals surface area (Å²) in [6.45, 7) is 5.64. The van der Waals surface area contributed by atoms with Crippen molar-refractivity contribution in [3.8, 4) is 17.1 Å². The average molecular weight is 505 g/mol. The number of fused-ring (bicyclic) bond motifs is 1. The first-order valence-corrected chi connectivity index (χ1v) is 13.4. The smallest absolute Gasteiger partial charge is 0.277 e. The van der Waals surface area contributed by atoms with E-state index >= 15 is 0 Å². The molecule has 0 radical (unpaired) electrons. The molecule has 192 valence electrons. The first-order valence-electron chi connectivity index (χ1n) is 11.9. The Labute approximate surface area is 207 Å². The van der Waals surface area contributed by atoms with Crippen molar-refractivity contribution in [3.05, 3.63) is 34.2 Å². The maximum Gasteiger partial charge on any atom is 0.277 e. The SMILES string of the molecule is CCCOc1ccc(S(=O)(=O)N(C)CCCN(C)C)cc1-c1nc2c(CCC)nn(C)c2c(=O)[nH]1. The van der Waals surface area contributed by atoms with Crippen LogP contribution >= 0.6 is 0 Å². The molecule has 0 aliphatic carbocycles. The van der Waals surface area contributed by atoms with Crippen LogP contribution in [0.3, 0.4) is 0 Å². The molecule has 1 N–H and O–H groups in total. The lowest BCUT2D eigenvalue weighted by atomic mass is 10.1. The molecule has 0 fully saturated rings. The number of benzene rings is 1. The minimum atomic E-state index is -3.75. The van der Waals surface area contributed by atoms with Crippen molar-refractivity contribution in [3.63, 3.8) is 0 Å². The molecule has 0 aliphatic heterocycles. The van der Waals surface area contributed by atoms with E-state index in [-0.39, 0.29) is 16.3 Å². The summed E-state index contributed by atoms with van der Waals surface area (Å²) in [7, 11) is 3.45. The van der Waals surface area contributed by atoms with Crippen LogP contribution in [0.2, 0.25) is 0 Å². The van der Waals surface area contributed by atoms with E-state index in [1.165, 1.54) is 21.1 Å². The van der Waals surface area contributed by atoms with E-state index in [0.29, 0.717) is 48.3 Å². The van der Waals surface area contributed by atoms with Gasteiger partial charge in [-0.25, -0.2) is 17.7 Å². The minimum Gasteiger partial charge on any atom is -0.493 e. The van der Waals surface area contributed by atoms with Crippen molar-refractivity contribution in [1.82, 2.24) is 29.0 Å². The fourth-order valence-corrected chi connectivity index (χ4v) is 5.12. The molecule has 0 atom stereocenters. The van der Waals surface area contributed by atoms with Gasteiger partial charge in [-0.05, 0) is 58.1 Å². The van der Waals surface area contributed by atoms with Crippen LogP contribution in [0.25, 0.3) is 22.4 Å². The summed E-state index contributed by atoms with van der Waals surface area (Å²) in [6.07, 6.45) is 3.02. The van der Waals surface area contributed by atoms with Crippen molar-refractivity contribution in [1.29, 1.82) is 0 Å². The van der Waals surface area contributed by atoms with Crippen molar-refractivity contribution >= 4 is 21.1 Å². The highest BCUT2D eigenvalue weighted by atomic mass is 32.2. The molecule has 3 rings (SSSR count). The lowest BCUT2D eigenvalue weighted by Gasteiger charge is -2.19. The summed E-state index contributed by atoms with van der Waals surface area (Å²) in [5.74, 6) is 0.718. The third-order valence-corrected chi connectivity index (χ3v) is 7.56. The lowest BCUT2D eigenvalue weighted by molar-refractivity contribution is 0.318. The van der Waals surface area contributed by atoms with Gasteiger partial charge in [0.1, 0.15) is 17.1 Å². The number of rotatable bonds is 12. The van der Waals surface area contributed by atoms with Crippen LogP contribution in [0.15, 0.2) is 27.9 Å². The van der Waals surface area contributed by atoms with Gasteiger partial charge in [-0.3, -0.25) is 9.48 Å². The number of nitrogens with zero attached hydrogens (tertiary/aromatic N) is 5. The number of aromatic nitrogens is 4. The summed E-state index contributed by atoms with van der Waals surface area (Å²) in [5.41, 5.74) is 1.73. The van der Waals surface area contributed by atoms with Crippen LogP contribution in [-0.4, -0.2) is 78.2 Å². The number of aryl methyl sites for hydroxylation is 2. The zero-order valence-electron chi connectivity index (χ0n) is 21.5. The molecule has 0 saturated carbocycles. The van der Waals surface area contributed by atoms with Crippen molar-refractivity contribution < 1.29 is 13.2 Å². The highest BCUT2D eigenvalue weighted by Crippen LogP contribution is 2.32. The number of H-pyrrole nitrogens is 1. The molecule has 11 heteroatoms. The standard InChI is InChI=1S/C24H36N6O4S/c1-7-10-19-21-22(30(6)27-19)24(31)26-23(25-21)18-16-17(11-12-20(18)34-15-8-2)35(32,33)29(5)14-9-13-28(3)4/h11-12,16H,7-10,13-15H2,1-6H3,(H,25,26,31). The molecule has 0 amide bonds. The van der Waals surface area contributed by atoms with Gasteiger partial charge in [-0.15, -0.1) is 0 Å². The van der Waals surface area contributed by atoms with Gasteiger partial charge < -0.3 is 14.6 Å². The lowest BCUT2D eigenvalue weighted by Crippen LogP contribution is -2.30. The predicted octanol–water partition coefficient (Wildman–Crippen LogP) is 2.64. The number of hydrogen-bond acceptors (Lipinski definition) is 7. The van der Waals surface area contributed by atoms with Gasteiger partial charge in [0.05, 0.1) is 22.8 Å². The molecule has 1 aromatic carbocycles. The fourth-order valence-electron chi connectivity index (χ4n) is 3.88. The maximum absolute atomic E-state index is 13.3. The van der Waals surface area contributed by atoms with Crippen molar-refractivity contribution in [2.45, 2.75) is 44.4 Å². The Bertz CT molecular complexity index is 1330. The van der Waals surface area contributed by atoms with Crippen LogP contribution in [-0.2, 0) is 23.5 Å². The highest BCUT2D eigenvalue weighted by Gasteiger charge is 2.24. The normalized spacial score (nSPS) is 12.2. The van der Waals surface area contributed by atoms with E-state index in [4.69, 9.17) is 9.72 Å². The molecule has 2 aromatic heterocycles. The Kier molecular flexibility index (Phi) is 8.68. The summed E-state index contributed by atoms with van der Waals surface area (Å²) < 4.78 is 35.4. The van der Waals surface area contributed by atoms with Crippen molar-refractivity contribution in [2.75, 3.05) is 40.8 Å². The van der Waals surface area contributed by atoms with E-state index < -0.39 is 10.0 Å². The van der Waals surface area contributed by atoms with Gasteiger partial charge in [0.25, 0.3) is 5.56 Å². The van der Waals surface area contributed by atoms with E-state index in [9.17, 15) is 13.2 Å². The Hall–Kier alpha value is -2.76. The van der Waals surface area contributed by atoms with Gasteiger partial charge in [-0.1, -0.05) is 20.3 Å². The summed E-state index contributed by atoms with van der Waals surface area (Å²) in [5, 5.41) is 4.46. The second-order valence-corrected chi connectivity index (χ2v) is 11.0. The molecule has 0 spiro atoms. The summed E-state index contributed by atoms with van der Waals surface area (Å²) in [6, 6.07) is 4.70. The van der Waals surface area contributed by atoms with Crippen LogP contribution in [0.5, 0.6) is 5.75 Å². The van der Waals surface area contributed by atoms with Gasteiger partial charge in [0.15, 0.2) is 5.52 Å². The van der Waals surface area contributed by atoms with Gasteiger partial charge in [-0.2, -0.15) is 5.10 Å². The number of aromatic amines is 1. The molecular formula is C24H36N6O4S. The Morgan fingerprint density at radius 1 is 1.11 bits per heavy atom. The minimum absolute atomic E-state index is 0.117. The van der Waals surface area contributed by atoms with Crippen LogP contribution in [0.1, 0.15) is 38.8 Å². The molecule has 3 aromatic rings. The third kappa shape index (κ3) is 5.91. The summed E-state index contributed by atoms with van der Waals surface area (Å²) in [4.78, 5) is 22.6. The quantitative estimate of drug-likeness (QED) is 0.403. The number of sulfonamides is 1. The topological polar surface area (TPSA) is 113 Å². The Morgan fingerprint density at radius 3 is 2.51 bits per heavy atom. The number of hydrogen-bond donors (Lipinski definition) is 1. The second-order valence-electron chi connectivity index (χ2n) is 8.92. The second kappa shape index (κ2) is 11.3. The van der Waals surface area contributed by atoms with E-state index in [1.54, 1.807) is 20.2 Å². The van der Waals surface area contributed by atoms with Crippen LogP contribution < -0.4 is 10.3 Å². The highest BCUT2D eigenvalue weighted by molar-refractivity contribution is 7.89. The van der Waals surface area contributed by atoms with E-state index in [2.05, 4.69) is 10.1 Å². The molecule has 0 bridgehead atoms. The molecule has 10 nitrogen and oxygen atoms in total. The zero-order chi connectivity index (χ0) is 25.8. The Morgan fingerprint density at radius 2 is 1.86 bits per heavy atom. The maximum atomic E-state index is 13.3. The average Bonchev–Trinajstić information content (AvgIpc) is 3.12. The molecule has 0 saturated heterocycles. The first-order chi connectivity index (χ1) is 16.6. The Balaban J connectivity index is 2.11. The van der Waals surface area contributed by atoms with E-state index in [0.717, 1.165) is 25.1 Å². The van der Waals surface area contributed by atoms with Gasteiger partial charge >= 0.3 is 0 Å². The van der Waals surface area contributed by atoms with Crippen molar-refractivity contribution in [2.24, 2.45) is 7.05 Å². The molecule has 2 heterocycles. The van der Waals surface area contributed by atoms with Gasteiger partial charge in [0, 0.05) is 20.6 Å². The first kappa shape index (κ1) is 26.8. The van der Waals surface area contributed by atoms with Crippen LogP contribution in [0.4, 0.5) is 0 Å². The predicted molar refractivity (Wildman–Crippen MR) is 137 cm³/mol. The molecule has 0 aliphatic rings. The number of nitrogens with one attached hydrogen (secondary N) is 1. The largest absolute Gasteiger partial charge is 0.493 e.